The van der Waals surface area contributed by atoms with Crippen LogP contribution >= 0.6 is 12.2 Å². The first-order valence-corrected chi connectivity index (χ1v) is 10.6. The Hall–Kier alpha value is -2.51. The van der Waals surface area contributed by atoms with Gasteiger partial charge >= 0.3 is 0 Å². The van der Waals surface area contributed by atoms with Crippen LogP contribution in [-0.4, -0.2) is 42.7 Å². The zero-order chi connectivity index (χ0) is 20.3. The standard InChI is InChI=1S/C24H24N2O3S/c30-24(25-19-12-6-10-17-9-4-5-11-18(17)19)26-20-14-28-23-21(15-29-22(20)23)27-13-16-7-2-1-3-8-16/h1-12,20-23H,13-15H2,(H2,25,26,30)/t20-,21+,22+,23+/m0/s1. The maximum atomic E-state index is 6.07. The van der Waals surface area contributed by atoms with E-state index < -0.39 is 0 Å². The molecule has 2 heterocycles. The molecule has 3 aromatic rings. The quantitative estimate of drug-likeness (QED) is 0.611. The third-order valence-electron chi connectivity index (χ3n) is 5.67. The second-order valence-corrected chi connectivity index (χ2v) is 8.07. The minimum Gasteiger partial charge on any atom is -0.370 e. The van der Waals surface area contributed by atoms with Gasteiger partial charge in [-0.15, -0.1) is 0 Å². The van der Waals surface area contributed by atoms with Gasteiger partial charge in [-0.1, -0.05) is 66.7 Å². The normalized spacial score (nSPS) is 25.2. The van der Waals surface area contributed by atoms with Gasteiger partial charge in [0, 0.05) is 11.1 Å². The van der Waals surface area contributed by atoms with Crippen molar-refractivity contribution in [1.29, 1.82) is 0 Å². The molecule has 3 aromatic carbocycles. The van der Waals surface area contributed by atoms with Crippen molar-refractivity contribution in [3.8, 4) is 0 Å². The number of thiocarbonyl (C=S) groups is 1. The fourth-order valence-corrected chi connectivity index (χ4v) is 4.43. The summed E-state index contributed by atoms with van der Waals surface area (Å²) in [6.07, 6.45) is -0.216. The van der Waals surface area contributed by atoms with E-state index in [1.807, 2.05) is 42.5 Å². The van der Waals surface area contributed by atoms with Gasteiger partial charge in [-0.05, 0) is 29.2 Å². The zero-order valence-corrected chi connectivity index (χ0v) is 17.3. The molecule has 0 aliphatic carbocycles. The van der Waals surface area contributed by atoms with Crippen molar-refractivity contribution >= 4 is 33.8 Å². The average Bonchev–Trinajstić information content (AvgIpc) is 3.36. The number of benzene rings is 3. The Bertz CT molecular complexity index is 1020. The molecule has 154 valence electrons. The van der Waals surface area contributed by atoms with E-state index in [9.17, 15) is 0 Å². The van der Waals surface area contributed by atoms with Gasteiger partial charge in [-0.2, -0.15) is 0 Å². The van der Waals surface area contributed by atoms with E-state index in [2.05, 4.69) is 41.0 Å². The number of anilines is 1. The van der Waals surface area contributed by atoms with Gasteiger partial charge in [0.2, 0.25) is 0 Å². The Morgan fingerprint density at radius 2 is 1.67 bits per heavy atom. The summed E-state index contributed by atoms with van der Waals surface area (Å²) in [6.45, 7) is 1.63. The maximum Gasteiger partial charge on any atom is 0.171 e. The van der Waals surface area contributed by atoms with Gasteiger partial charge in [0.05, 0.1) is 25.9 Å². The van der Waals surface area contributed by atoms with Crippen LogP contribution in [0.4, 0.5) is 5.69 Å². The van der Waals surface area contributed by atoms with Crippen molar-refractivity contribution in [3.05, 3.63) is 78.4 Å². The number of fused-ring (bicyclic) bond motifs is 2. The summed E-state index contributed by atoms with van der Waals surface area (Å²) < 4.78 is 18.1. The monoisotopic (exact) mass is 420 g/mol. The molecule has 4 atom stereocenters. The van der Waals surface area contributed by atoms with E-state index in [4.69, 9.17) is 26.4 Å². The van der Waals surface area contributed by atoms with E-state index >= 15 is 0 Å². The van der Waals surface area contributed by atoms with Crippen LogP contribution in [0.15, 0.2) is 72.8 Å². The molecule has 2 fully saturated rings. The highest BCUT2D eigenvalue weighted by molar-refractivity contribution is 7.80. The third kappa shape index (κ3) is 4.04. The summed E-state index contributed by atoms with van der Waals surface area (Å²) in [6, 6.07) is 24.5. The molecular formula is C24H24N2O3S. The van der Waals surface area contributed by atoms with E-state index in [-0.39, 0.29) is 24.4 Å². The fraction of sp³-hybridized carbons (Fsp3) is 0.292. The molecule has 0 unspecified atom stereocenters. The van der Waals surface area contributed by atoms with Gasteiger partial charge in [0.15, 0.2) is 5.11 Å². The first kappa shape index (κ1) is 19.5. The summed E-state index contributed by atoms with van der Waals surface area (Å²) in [5.41, 5.74) is 2.13. The summed E-state index contributed by atoms with van der Waals surface area (Å²) in [4.78, 5) is 0. The van der Waals surface area contributed by atoms with Crippen molar-refractivity contribution in [3.63, 3.8) is 0 Å². The van der Waals surface area contributed by atoms with E-state index in [1.54, 1.807) is 0 Å². The molecule has 6 heteroatoms. The Kier molecular flexibility index (Phi) is 5.64. The largest absolute Gasteiger partial charge is 0.370 e. The lowest BCUT2D eigenvalue weighted by atomic mass is 10.1. The van der Waals surface area contributed by atoms with Gasteiger partial charge in [0.1, 0.15) is 18.3 Å². The number of rotatable bonds is 5. The summed E-state index contributed by atoms with van der Waals surface area (Å²) >= 11 is 5.58. The average molecular weight is 421 g/mol. The molecule has 2 aliphatic heterocycles. The van der Waals surface area contributed by atoms with Crippen LogP contribution in [0.1, 0.15) is 5.56 Å². The minimum atomic E-state index is -0.0773. The van der Waals surface area contributed by atoms with E-state index in [0.717, 1.165) is 16.6 Å². The van der Waals surface area contributed by atoms with Crippen LogP contribution in [0.25, 0.3) is 10.8 Å². The van der Waals surface area contributed by atoms with E-state index in [1.165, 1.54) is 5.39 Å². The zero-order valence-electron chi connectivity index (χ0n) is 16.5. The Morgan fingerprint density at radius 3 is 2.57 bits per heavy atom. The molecule has 5 rings (SSSR count). The highest BCUT2D eigenvalue weighted by Crippen LogP contribution is 2.30. The Balaban J connectivity index is 1.18. The number of hydrogen-bond acceptors (Lipinski definition) is 4. The first-order chi connectivity index (χ1) is 14.8. The lowest BCUT2D eigenvalue weighted by Crippen LogP contribution is -2.46. The first-order valence-electron chi connectivity index (χ1n) is 10.2. The summed E-state index contributed by atoms with van der Waals surface area (Å²) in [5.74, 6) is 0. The molecule has 0 aromatic heterocycles. The second-order valence-electron chi connectivity index (χ2n) is 7.66. The lowest BCUT2D eigenvalue weighted by Gasteiger charge is -2.20. The smallest absolute Gasteiger partial charge is 0.171 e. The molecule has 2 N–H and O–H groups in total. The summed E-state index contributed by atoms with van der Waals surface area (Å²) in [7, 11) is 0. The SMILES string of the molecule is S=C(Nc1cccc2ccccc12)N[C@H]1CO[C@H]2[C@@H]1OC[C@H]2OCc1ccccc1. The molecule has 0 spiro atoms. The number of hydrogen-bond donors (Lipinski definition) is 2. The molecule has 2 aliphatic rings. The minimum absolute atomic E-state index is 0.00435. The Morgan fingerprint density at radius 1 is 0.900 bits per heavy atom. The van der Waals surface area contributed by atoms with Crippen LogP contribution in [0, 0.1) is 0 Å². The van der Waals surface area contributed by atoms with Crippen molar-refractivity contribution in [2.75, 3.05) is 18.5 Å². The number of nitrogens with one attached hydrogen (secondary N) is 2. The highest BCUT2D eigenvalue weighted by atomic mass is 32.1. The van der Waals surface area contributed by atoms with Crippen molar-refractivity contribution in [1.82, 2.24) is 5.32 Å². The van der Waals surface area contributed by atoms with Crippen LogP contribution in [0.2, 0.25) is 0 Å². The van der Waals surface area contributed by atoms with Crippen LogP contribution in [0.3, 0.4) is 0 Å². The van der Waals surface area contributed by atoms with Gasteiger partial charge in [-0.3, -0.25) is 0 Å². The second kappa shape index (κ2) is 8.70. The third-order valence-corrected chi connectivity index (χ3v) is 5.89. The fourth-order valence-electron chi connectivity index (χ4n) is 4.17. The van der Waals surface area contributed by atoms with Crippen LogP contribution < -0.4 is 10.6 Å². The Labute approximate surface area is 181 Å². The highest BCUT2D eigenvalue weighted by Gasteiger charge is 2.48. The van der Waals surface area contributed by atoms with Gasteiger partial charge in [0.25, 0.3) is 0 Å². The van der Waals surface area contributed by atoms with Gasteiger partial charge < -0.3 is 24.8 Å². The molecule has 30 heavy (non-hydrogen) atoms. The molecule has 5 nitrogen and oxygen atoms in total. The van der Waals surface area contributed by atoms with Crippen molar-refractivity contribution in [2.24, 2.45) is 0 Å². The summed E-state index contributed by atoms with van der Waals surface area (Å²) in [5, 5.41) is 9.58. The molecule has 0 bridgehead atoms. The van der Waals surface area contributed by atoms with Crippen LogP contribution in [0.5, 0.6) is 0 Å². The predicted molar refractivity (Wildman–Crippen MR) is 122 cm³/mol. The van der Waals surface area contributed by atoms with Gasteiger partial charge in [-0.25, -0.2) is 0 Å². The van der Waals surface area contributed by atoms with Crippen molar-refractivity contribution in [2.45, 2.75) is 31.0 Å². The lowest BCUT2D eigenvalue weighted by molar-refractivity contribution is -0.0391. The molecular weight excluding hydrogens is 396 g/mol. The molecule has 0 saturated carbocycles. The maximum absolute atomic E-state index is 6.07. The van der Waals surface area contributed by atoms with E-state index in [0.29, 0.717) is 24.9 Å². The van der Waals surface area contributed by atoms with Crippen molar-refractivity contribution < 1.29 is 14.2 Å². The molecule has 0 radical (unpaired) electrons. The topological polar surface area (TPSA) is 51.8 Å². The predicted octanol–water partition coefficient (Wildman–Crippen LogP) is 3.88. The van der Waals surface area contributed by atoms with Crippen LogP contribution in [-0.2, 0) is 20.8 Å². The molecule has 2 saturated heterocycles. The number of ether oxygens (including phenoxy) is 3. The molecule has 0 amide bonds.